The van der Waals surface area contributed by atoms with Gasteiger partial charge in [0.25, 0.3) is 0 Å². The molecule has 2 atom stereocenters. The maximum absolute atomic E-state index is 10.5. The molecule has 0 aromatic heterocycles. The Morgan fingerprint density at radius 3 is 2.61 bits per heavy atom. The first-order chi connectivity index (χ1) is 8.58. The molecular weight excluding hydrogens is 226 g/mol. The zero-order valence-corrected chi connectivity index (χ0v) is 11.0. The maximum Gasteiger partial charge on any atom is 0.304 e. The van der Waals surface area contributed by atoms with Gasteiger partial charge in [0.05, 0.1) is 6.42 Å². The van der Waals surface area contributed by atoms with Crippen LogP contribution in [0, 0.1) is 5.92 Å². The summed E-state index contributed by atoms with van der Waals surface area (Å²) >= 11 is 0. The minimum Gasteiger partial charge on any atom is -0.481 e. The molecule has 100 valence electrons. The van der Waals surface area contributed by atoms with Gasteiger partial charge in [-0.15, -0.1) is 0 Å². The smallest absolute Gasteiger partial charge is 0.304 e. The molecule has 0 bridgehead atoms. The van der Waals surface area contributed by atoms with Crippen molar-refractivity contribution in [1.82, 2.24) is 0 Å². The highest BCUT2D eigenvalue weighted by molar-refractivity contribution is 5.67. The fourth-order valence-corrected chi connectivity index (χ4v) is 2.24. The van der Waals surface area contributed by atoms with E-state index in [2.05, 4.69) is 31.2 Å². The molecule has 0 saturated heterocycles. The molecule has 18 heavy (non-hydrogen) atoms. The first-order valence-corrected chi connectivity index (χ1v) is 6.59. The number of hydrogen-bond donors (Lipinski definition) is 2. The summed E-state index contributed by atoms with van der Waals surface area (Å²) in [6.07, 6.45) is 4.18. The maximum atomic E-state index is 10.5. The fourth-order valence-electron chi connectivity index (χ4n) is 2.24. The Labute approximate surface area is 109 Å². The van der Waals surface area contributed by atoms with E-state index < -0.39 is 5.97 Å². The monoisotopic (exact) mass is 249 g/mol. The Balaban J connectivity index is 2.17. The second kappa shape index (κ2) is 7.88. The van der Waals surface area contributed by atoms with Crippen LogP contribution in [0.5, 0.6) is 0 Å². The van der Waals surface area contributed by atoms with Gasteiger partial charge in [-0.05, 0) is 30.7 Å². The molecule has 0 aliphatic carbocycles. The number of aryl methyl sites for hydroxylation is 1. The molecule has 3 heteroatoms. The van der Waals surface area contributed by atoms with Gasteiger partial charge in [-0.1, -0.05) is 43.7 Å². The van der Waals surface area contributed by atoms with Gasteiger partial charge in [0.2, 0.25) is 0 Å². The number of aliphatic carboxylic acids is 1. The first-order valence-electron chi connectivity index (χ1n) is 6.59. The van der Waals surface area contributed by atoms with Crippen molar-refractivity contribution >= 4 is 5.97 Å². The third-order valence-corrected chi connectivity index (χ3v) is 3.15. The third kappa shape index (κ3) is 6.40. The highest BCUT2D eigenvalue weighted by Gasteiger charge is 2.12. The van der Waals surface area contributed by atoms with Crippen LogP contribution in [0.25, 0.3) is 0 Å². The van der Waals surface area contributed by atoms with Gasteiger partial charge in [-0.25, -0.2) is 0 Å². The molecule has 1 rings (SSSR count). The average Bonchev–Trinajstić information content (AvgIpc) is 2.29. The molecule has 0 heterocycles. The van der Waals surface area contributed by atoms with Gasteiger partial charge < -0.3 is 10.8 Å². The number of hydrogen-bond acceptors (Lipinski definition) is 2. The fraction of sp³-hybridized carbons (Fsp3) is 0.533. The van der Waals surface area contributed by atoms with Crippen LogP contribution in [0.1, 0.15) is 38.2 Å². The second-order valence-corrected chi connectivity index (χ2v) is 5.08. The normalized spacial score (nSPS) is 14.1. The minimum atomic E-state index is -0.806. The topological polar surface area (TPSA) is 63.3 Å². The van der Waals surface area contributed by atoms with E-state index in [-0.39, 0.29) is 12.5 Å². The molecule has 1 aromatic carbocycles. The quantitative estimate of drug-likeness (QED) is 0.744. The summed E-state index contributed by atoms with van der Waals surface area (Å²) in [5, 5.41) is 8.64. The summed E-state index contributed by atoms with van der Waals surface area (Å²) in [6.45, 7) is 2.15. The predicted molar refractivity (Wildman–Crippen MR) is 73.4 cm³/mol. The van der Waals surface area contributed by atoms with Crippen molar-refractivity contribution in [3.05, 3.63) is 35.9 Å². The standard InChI is InChI=1S/C15H23NO2/c1-12(10-14(16)11-15(17)18)6-5-9-13-7-3-2-4-8-13/h2-4,7-8,12,14H,5-6,9-11,16H2,1H3,(H,17,18)/t12-,14-/m1/s1. The summed E-state index contributed by atoms with van der Waals surface area (Å²) in [4.78, 5) is 10.5. The Morgan fingerprint density at radius 1 is 1.33 bits per heavy atom. The molecule has 0 radical (unpaired) electrons. The van der Waals surface area contributed by atoms with Gasteiger partial charge in [0.1, 0.15) is 0 Å². The zero-order chi connectivity index (χ0) is 13.4. The van der Waals surface area contributed by atoms with Crippen LogP contribution in [0.3, 0.4) is 0 Å². The van der Waals surface area contributed by atoms with Gasteiger partial charge in [0.15, 0.2) is 0 Å². The molecule has 1 aromatic rings. The lowest BCUT2D eigenvalue weighted by Gasteiger charge is -2.15. The number of nitrogens with two attached hydrogens (primary N) is 1. The van der Waals surface area contributed by atoms with Crippen LogP contribution < -0.4 is 5.73 Å². The van der Waals surface area contributed by atoms with Crippen LogP contribution in [0.4, 0.5) is 0 Å². The molecule has 0 unspecified atom stereocenters. The summed E-state index contributed by atoms with van der Waals surface area (Å²) in [5.41, 5.74) is 7.14. The van der Waals surface area contributed by atoms with Crippen molar-refractivity contribution in [3.63, 3.8) is 0 Å². The van der Waals surface area contributed by atoms with E-state index >= 15 is 0 Å². The zero-order valence-electron chi connectivity index (χ0n) is 11.0. The van der Waals surface area contributed by atoms with E-state index in [1.807, 2.05) is 6.07 Å². The number of carboxylic acid groups (broad SMARTS) is 1. The summed E-state index contributed by atoms with van der Waals surface area (Å²) in [7, 11) is 0. The van der Waals surface area contributed by atoms with Gasteiger partial charge in [0, 0.05) is 6.04 Å². The van der Waals surface area contributed by atoms with Crippen molar-refractivity contribution in [1.29, 1.82) is 0 Å². The largest absolute Gasteiger partial charge is 0.481 e. The molecule has 3 nitrogen and oxygen atoms in total. The van der Waals surface area contributed by atoms with Gasteiger partial charge in [-0.3, -0.25) is 4.79 Å². The molecule has 0 fully saturated rings. The van der Waals surface area contributed by atoms with Crippen molar-refractivity contribution in [2.45, 2.75) is 45.1 Å². The molecule has 0 aliphatic heterocycles. The van der Waals surface area contributed by atoms with Gasteiger partial charge >= 0.3 is 5.97 Å². The van der Waals surface area contributed by atoms with E-state index in [0.717, 1.165) is 25.7 Å². The van der Waals surface area contributed by atoms with Crippen LogP contribution in [-0.4, -0.2) is 17.1 Å². The van der Waals surface area contributed by atoms with E-state index in [4.69, 9.17) is 10.8 Å². The Hall–Kier alpha value is -1.35. The molecule has 0 saturated carbocycles. The SMILES string of the molecule is C[C@H](CCCc1ccccc1)C[C@@H](N)CC(=O)O. The third-order valence-electron chi connectivity index (χ3n) is 3.15. The summed E-state index contributed by atoms with van der Waals surface area (Å²) in [5.74, 6) is -0.318. The molecule has 0 spiro atoms. The summed E-state index contributed by atoms with van der Waals surface area (Å²) < 4.78 is 0. The Morgan fingerprint density at radius 2 is 2.00 bits per heavy atom. The van der Waals surface area contributed by atoms with E-state index in [1.165, 1.54) is 5.56 Å². The van der Waals surface area contributed by atoms with Gasteiger partial charge in [-0.2, -0.15) is 0 Å². The lowest BCUT2D eigenvalue weighted by atomic mass is 9.94. The van der Waals surface area contributed by atoms with Crippen LogP contribution in [-0.2, 0) is 11.2 Å². The highest BCUT2D eigenvalue weighted by Crippen LogP contribution is 2.15. The Bertz CT molecular complexity index is 351. The number of carboxylic acids is 1. The van der Waals surface area contributed by atoms with Crippen LogP contribution in [0.2, 0.25) is 0 Å². The lowest BCUT2D eigenvalue weighted by molar-refractivity contribution is -0.137. The second-order valence-electron chi connectivity index (χ2n) is 5.08. The molecule has 3 N–H and O–H groups in total. The van der Waals surface area contributed by atoms with E-state index in [0.29, 0.717) is 5.92 Å². The van der Waals surface area contributed by atoms with Crippen LogP contribution >= 0.6 is 0 Å². The average molecular weight is 249 g/mol. The van der Waals surface area contributed by atoms with E-state index in [1.54, 1.807) is 0 Å². The predicted octanol–water partition coefficient (Wildman–Crippen LogP) is 2.84. The van der Waals surface area contributed by atoms with Crippen LogP contribution in [0.15, 0.2) is 30.3 Å². The first kappa shape index (κ1) is 14.7. The number of carbonyl (C=O) groups is 1. The molecular formula is C15H23NO2. The van der Waals surface area contributed by atoms with E-state index in [9.17, 15) is 4.79 Å². The Kier molecular flexibility index (Phi) is 6.44. The number of benzene rings is 1. The van der Waals surface area contributed by atoms with Crippen molar-refractivity contribution < 1.29 is 9.90 Å². The minimum absolute atomic E-state index is 0.0724. The highest BCUT2D eigenvalue weighted by atomic mass is 16.4. The van der Waals surface area contributed by atoms with Crippen molar-refractivity contribution in [2.24, 2.45) is 11.7 Å². The number of rotatable bonds is 8. The van der Waals surface area contributed by atoms with Crippen molar-refractivity contribution in [3.8, 4) is 0 Å². The summed E-state index contributed by atoms with van der Waals surface area (Å²) in [6, 6.07) is 10.2. The molecule has 0 amide bonds. The lowest BCUT2D eigenvalue weighted by Crippen LogP contribution is -2.26. The van der Waals surface area contributed by atoms with Crippen molar-refractivity contribution in [2.75, 3.05) is 0 Å². The molecule has 0 aliphatic rings.